The molecule has 1 N–H and O–H groups in total. The molecule has 0 amide bonds. The SMILES string of the molecule is O=C(O)c1ccccc1C(=O)c1ccc[cH-]1.[Fe+2].c1cc[cH-]c1. The van der Waals surface area contributed by atoms with Gasteiger partial charge in [-0.05, 0) is 11.6 Å². The Morgan fingerprint density at radius 1 is 0.818 bits per heavy atom. The summed E-state index contributed by atoms with van der Waals surface area (Å²) < 4.78 is 0. The van der Waals surface area contributed by atoms with E-state index in [0.29, 0.717) is 5.56 Å². The molecule has 0 aliphatic carbocycles. The van der Waals surface area contributed by atoms with E-state index in [-0.39, 0.29) is 34.0 Å². The van der Waals surface area contributed by atoms with Crippen molar-refractivity contribution < 1.29 is 31.8 Å². The van der Waals surface area contributed by atoms with E-state index in [1.165, 1.54) is 12.1 Å². The molecule has 0 atom stereocenters. The Morgan fingerprint density at radius 3 is 1.91 bits per heavy atom. The summed E-state index contributed by atoms with van der Waals surface area (Å²) in [6.45, 7) is 0. The van der Waals surface area contributed by atoms with Crippen LogP contribution >= 0.6 is 0 Å². The van der Waals surface area contributed by atoms with Gasteiger partial charge in [0.05, 0.1) is 5.56 Å². The summed E-state index contributed by atoms with van der Waals surface area (Å²) in [4.78, 5) is 22.9. The number of hydrogen-bond acceptors (Lipinski definition) is 2. The van der Waals surface area contributed by atoms with E-state index in [1.54, 1.807) is 36.4 Å². The number of aromatic carboxylic acids is 1. The monoisotopic (exact) mass is 334 g/mol. The van der Waals surface area contributed by atoms with Crippen molar-refractivity contribution in [2.24, 2.45) is 0 Å². The van der Waals surface area contributed by atoms with Crippen molar-refractivity contribution in [1.29, 1.82) is 0 Å². The first kappa shape index (κ1) is 17.6. The molecule has 0 saturated carbocycles. The van der Waals surface area contributed by atoms with Gasteiger partial charge in [0.25, 0.3) is 0 Å². The van der Waals surface area contributed by atoms with E-state index in [2.05, 4.69) is 0 Å². The second kappa shape index (κ2) is 8.78. The number of carbonyl (C=O) groups excluding carboxylic acids is 1. The van der Waals surface area contributed by atoms with Crippen LogP contribution in [-0.4, -0.2) is 16.9 Å². The van der Waals surface area contributed by atoms with Crippen LogP contribution in [0.1, 0.15) is 26.3 Å². The third-order valence-corrected chi connectivity index (χ3v) is 2.88. The smallest absolute Gasteiger partial charge is 0.478 e. The van der Waals surface area contributed by atoms with Gasteiger partial charge in [-0.25, -0.2) is 16.9 Å². The summed E-state index contributed by atoms with van der Waals surface area (Å²) in [5.74, 6) is -1.35. The quantitative estimate of drug-likeness (QED) is 0.451. The van der Waals surface area contributed by atoms with Gasteiger partial charge in [0.15, 0.2) is 0 Å². The van der Waals surface area contributed by atoms with Gasteiger partial charge in [-0.3, -0.25) is 0 Å². The van der Waals surface area contributed by atoms with Gasteiger partial charge in [-0.2, -0.15) is 36.4 Å². The second-order valence-corrected chi connectivity index (χ2v) is 4.32. The number of carbonyl (C=O) groups is 2. The maximum absolute atomic E-state index is 12.0. The van der Waals surface area contributed by atoms with Crippen LogP contribution in [0.25, 0.3) is 0 Å². The molecule has 0 aromatic heterocycles. The fraction of sp³-hybridized carbons (Fsp3) is 0. The molecule has 0 aliphatic rings. The zero-order valence-electron chi connectivity index (χ0n) is 11.6. The number of carboxylic acids is 1. The summed E-state index contributed by atoms with van der Waals surface area (Å²) in [7, 11) is 0. The van der Waals surface area contributed by atoms with E-state index >= 15 is 0 Å². The predicted molar refractivity (Wildman–Crippen MR) is 80.9 cm³/mol. The average molecular weight is 334 g/mol. The van der Waals surface area contributed by atoms with Crippen molar-refractivity contribution in [2.75, 3.05) is 0 Å². The van der Waals surface area contributed by atoms with Gasteiger partial charge >= 0.3 is 23.0 Å². The minimum Gasteiger partial charge on any atom is -0.478 e. The van der Waals surface area contributed by atoms with E-state index in [0.717, 1.165) is 0 Å². The van der Waals surface area contributed by atoms with E-state index < -0.39 is 5.97 Å². The molecule has 0 aliphatic heterocycles. The van der Waals surface area contributed by atoms with Crippen LogP contribution in [0.4, 0.5) is 0 Å². The van der Waals surface area contributed by atoms with Gasteiger partial charge in [0.1, 0.15) is 5.78 Å². The van der Waals surface area contributed by atoms with Gasteiger partial charge in [0.2, 0.25) is 0 Å². The summed E-state index contributed by atoms with van der Waals surface area (Å²) in [5, 5.41) is 8.96. The molecular weight excluding hydrogens is 320 g/mol. The summed E-state index contributed by atoms with van der Waals surface area (Å²) in [6.07, 6.45) is 0. The molecule has 112 valence electrons. The van der Waals surface area contributed by atoms with Crippen molar-refractivity contribution in [1.82, 2.24) is 0 Å². The standard InChI is InChI=1S/C13H9O3.C5H5.Fe/c14-12(9-5-1-2-6-9)10-7-3-4-8-11(10)13(15)16;1-2-4-5-3-1;/h1-8H,(H,15,16);1-5H;/q2*-1;+2. The van der Waals surface area contributed by atoms with Crippen LogP contribution in [0.2, 0.25) is 0 Å². The maximum Gasteiger partial charge on any atom is 2.00 e. The van der Waals surface area contributed by atoms with E-state index in [9.17, 15) is 9.59 Å². The van der Waals surface area contributed by atoms with Crippen molar-refractivity contribution in [3.8, 4) is 0 Å². The maximum atomic E-state index is 12.0. The normalized spacial score (nSPS) is 9.09. The Labute approximate surface area is 139 Å². The molecule has 0 radical (unpaired) electrons. The number of ketones is 1. The minimum absolute atomic E-state index is 0. The Balaban J connectivity index is 0.000000344. The molecule has 0 spiro atoms. The van der Waals surface area contributed by atoms with E-state index in [4.69, 9.17) is 5.11 Å². The second-order valence-electron chi connectivity index (χ2n) is 4.32. The molecule has 3 aromatic carbocycles. The Hall–Kier alpha value is -2.42. The number of rotatable bonds is 3. The molecule has 3 nitrogen and oxygen atoms in total. The first-order valence-corrected chi connectivity index (χ1v) is 6.45. The summed E-state index contributed by atoms with van der Waals surface area (Å²) >= 11 is 0. The number of hydrogen-bond donors (Lipinski definition) is 1. The van der Waals surface area contributed by atoms with Gasteiger partial charge < -0.3 is 9.90 Å². The molecule has 0 unspecified atom stereocenters. The molecule has 0 bridgehead atoms. The van der Waals surface area contributed by atoms with Crippen LogP contribution in [0.15, 0.2) is 78.9 Å². The van der Waals surface area contributed by atoms with Gasteiger partial charge in [0, 0.05) is 0 Å². The van der Waals surface area contributed by atoms with Crippen LogP contribution in [-0.2, 0) is 17.1 Å². The fourth-order valence-electron chi connectivity index (χ4n) is 1.87. The first-order chi connectivity index (χ1) is 10.2. The minimum atomic E-state index is -1.09. The Morgan fingerprint density at radius 2 is 1.45 bits per heavy atom. The predicted octanol–water partition coefficient (Wildman–Crippen LogP) is 3.74. The third-order valence-electron chi connectivity index (χ3n) is 2.88. The first-order valence-electron chi connectivity index (χ1n) is 6.45. The molecule has 22 heavy (non-hydrogen) atoms. The van der Waals surface area contributed by atoms with Gasteiger partial charge in [-0.15, -0.1) is 11.6 Å². The fourth-order valence-corrected chi connectivity index (χ4v) is 1.87. The van der Waals surface area contributed by atoms with Crippen molar-refractivity contribution in [2.45, 2.75) is 0 Å². The molecule has 4 heteroatoms. The third kappa shape index (κ3) is 4.55. The van der Waals surface area contributed by atoms with E-state index in [1.807, 2.05) is 30.3 Å². The summed E-state index contributed by atoms with van der Waals surface area (Å²) in [6, 6.07) is 23.0. The Bertz CT molecular complexity index is 681. The molecule has 3 aromatic rings. The molecule has 0 heterocycles. The van der Waals surface area contributed by atoms with Crippen LogP contribution in [0, 0.1) is 0 Å². The van der Waals surface area contributed by atoms with Crippen molar-refractivity contribution in [3.05, 3.63) is 95.6 Å². The average Bonchev–Trinajstić information content (AvgIpc) is 3.21. The Kier molecular flexibility index (Phi) is 7.03. The molecular formula is C18H14FeO3. The van der Waals surface area contributed by atoms with Crippen molar-refractivity contribution in [3.63, 3.8) is 0 Å². The topological polar surface area (TPSA) is 54.4 Å². The molecule has 0 fully saturated rings. The van der Waals surface area contributed by atoms with Crippen LogP contribution in [0.5, 0.6) is 0 Å². The number of carboxylic acid groups (broad SMARTS) is 1. The zero-order chi connectivity index (χ0) is 15.1. The van der Waals surface area contributed by atoms with Crippen LogP contribution in [0.3, 0.4) is 0 Å². The largest absolute Gasteiger partial charge is 2.00 e. The summed E-state index contributed by atoms with van der Waals surface area (Å²) in [5.41, 5.74) is 0.767. The molecule has 0 saturated heterocycles. The number of benzene rings is 1. The molecule has 3 rings (SSSR count). The van der Waals surface area contributed by atoms with Gasteiger partial charge in [-0.1, -0.05) is 18.2 Å². The van der Waals surface area contributed by atoms with Crippen molar-refractivity contribution >= 4 is 11.8 Å². The van der Waals surface area contributed by atoms with Crippen LogP contribution < -0.4 is 0 Å². The zero-order valence-corrected chi connectivity index (χ0v) is 12.7.